The summed E-state index contributed by atoms with van der Waals surface area (Å²) in [6.45, 7) is 3.11. The Balaban J connectivity index is 1.91. The van der Waals surface area contributed by atoms with Gasteiger partial charge in [0.05, 0.1) is 0 Å². The zero-order chi connectivity index (χ0) is 17.2. The molecular weight excluding hydrogens is 304 g/mol. The third-order valence-corrected chi connectivity index (χ3v) is 3.48. The minimum Gasteiger partial charge on any atom is -0.351 e. The molecule has 0 unspecified atom stereocenters. The highest BCUT2D eigenvalue weighted by Crippen LogP contribution is 2.02. The minimum atomic E-state index is -0.313. The summed E-state index contributed by atoms with van der Waals surface area (Å²) >= 11 is 0. The van der Waals surface area contributed by atoms with Gasteiger partial charge in [-0.15, -0.1) is 0 Å². The second-order valence-corrected chi connectivity index (χ2v) is 5.41. The summed E-state index contributed by atoms with van der Waals surface area (Å²) in [7, 11) is 0. The van der Waals surface area contributed by atoms with Crippen molar-refractivity contribution in [2.24, 2.45) is 0 Å². The summed E-state index contributed by atoms with van der Waals surface area (Å²) in [6.07, 6.45) is 6.45. The van der Waals surface area contributed by atoms with E-state index in [4.69, 9.17) is 0 Å². The van der Waals surface area contributed by atoms with Crippen molar-refractivity contribution in [1.29, 1.82) is 0 Å². The lowest BCUT2D eigenvalue weighted by atomic mass is 10.2. The number of nitrogens with one attached hydrogen (secondary N) is 2. The Labute approximate surface area is 141 Å². The molecule has 2 rings (SSSR count). The minimum absolute atomic E-state index is 0.227. The zero-order valence-corrected chi connectivity index (χ0v) is 13.8. The maximum absolute atomic E-state index is 12.2. The molecule has 0 aromatic carbocycles. The van der Waals surface area contributed by atoms with Crippen LogP contribution in [-0.2, 0) is 6.54 Å². The van der Waals surface area contributed by atoms with E-state index in [0.717, 1.165) is 24.8 Å². The monoisotopic (exact) mass is 326 g/mol. The van der Waals surface area contributed by atoms with E-state index in [-0.39, 0.29) is 23.2 Å². The lowest BCUT2D eigenvalue weighted by Gasteiger charge is -2.07. The van der Waals surface area contributed by atoms with Crippen molar-refractivity contribution in [3.63, 3.8) is 0 Å². The van der Waals surface area contributed by atoms with E-state index in [1.54, 1.807) is 30.6 Å². The molecule has 0 fully saturated rings. The van der Waals surface area contributed by atoms with Crippen LogP contribution in [0.3, 0.4) is 0 Å². The average molecular weight is 326 g/mol. The van der Waals surface area contributed by atoms with Crippen LogP contribution in [0.1, 0.15) is 52.7 Å². The Morgan fingerprint density at radius 1 is 0.958 bits per heavy atom. The number of carbonyl (C=O) groups excluding carboxylic acids is 2. The van der Waals surface area contributed by atoms with E-state index in [1.165, 1.54) is 0 Å². The molecule has 2 amide bonds. The fourth-order valence-electron chi connectivity index (χ4n) is 2.13. The first-order valence-electron chi connectivity index (χ1n) is 8.13. The van der Waals surface area contributed by atoms with Crippen LogP contribution in [0, 0.1) is 0 Å². The standard InChI is InChI=1S/C18H22N4O2/c1-2-3-4-10-20-17(23)15-6-5-7-16(22-15)18(24)21-13-14-8-11-19-12-9-14/h5-9,11-12H,2-4,10,13H2,1H3,(H,20,23)(H,21,24). The quantitative estimate of drug-likeness (QED) is 0.729. The van der Waals surface area contributed by atoms with Crippen LogP contribution >= 0.6 is 0 Å². The van der Waals surface area contributed by atoms with E-state index in [9.17, 15) is 9.59 Å². The first-order valence-corrected chi connectivity index (χ1v) is 8.13. The van der Waals surface area contributed by atoms with Gasteiger partial charge in [0.2, 0.25) is 0 Å². The molecule has 24 heavy (non-hydrogen) atoms. The second-order valence-electron chi connectivity index (χ2n) is 5.41. The third-order valence-electron chi connectivity index (χ3n) is 3.48. The SMILES string of the molecule is CCCCCNC(=O)c1cccc(C(=O)NCc2ccncc2)n1. The Kier molecular flexibility index (Phi) is 6.89. The number of amides is 2. The summed E-state index contributed by atoms with van der Waals surface area (Å²) in [5, 5.41) is 5.60. The molecular formula is C18H22N4O2. The van der Waals surface area contributed by atoms with Gasteiger partial charge in [0, 0.05) is 25.5 Å². The predicted molar refractivity (Wildman–Crippen MR) is 91.5 cm³/mol. The van der Waals surface area contributed by atoms with Crippen molar-refractivity contribution in [3.8, 4) is 0 Å². The van der Waals surface area contributed by atoms with Crippen molar-refractivity contribution in [2.75, 3.05) is 6.54 Å². The van der Waals surface area contributed by atoms with E-state index in [2.05, 4.69) is 27.5 Å². The molecule has 2 heterocycles. The van der Waals surface area contributed by atoms with Crippen LogP contribution in [0.25, 0.3) is 0 Å². The number of carbonyl (C=O) groups is 2. The number of hydrogen-bond acceptors (Lipinski definition) is 4. The highest BCUT2D eigenvalue weighted by atomic mass is 16.2. The lowest BCUT2D eigenvalue weighted by Crippen LogP contribution is -2.28. The number of pyridine rings is 2. The van der Waals surface area contributed by atoms with Gasteiger partial charge in [-0.25, -0.2) is 4.98 Å². The Hall–Kier alpha value is -2.76. The van der Waals surface area contributed by atoms with Gasteiger partial charge in [0.1, 0.15) is 11.4 Å². The first kappa shape index (κ1) is 17.6. The van der Waals surface area contributed by atoms with E-state index in [1.807, 2.05) is 12.1 Å². The summed E-state index contributed by atoms with van der Waals surface area (Å²) in [4.78, 5) is 32.3. The topological polar surface area (TPSA) is 84.0 Å². The maximum Gasteiger partial charge on any atom is 0.270 e. The van der Waals surface area contributed by atoms with Crippen LogP contribution in [0.5, 0.6) is 0 Å². The normalized spacial score (nSPS) is 10.2. The van der Waals surface area contributed by atoms with Crippen LogP contribution in [0.4, 0.5) is 0 Å². The Morgan fingerprint density at radius 3 is 2.29 bits per heavy atom. The molecule has 2 aromatic rings. The van der Waals surface area contributed by atoms with Gasteiger partial charge < -0.3 is 10.6 Å². The molecule has 0 atom stereocenters. The van der Waals surface area contributed by atoms with Gasteiger partial charge in [0.25, 0.3) is 11.8 Å². The van der Waals surface area contributed by atoms with Gasteiger partial charge in [-0.05, 0) is 36.2 Å². The number of aromatic nitrogens is 2. The molecule has 0 bridgehead atoms. The summed E-state index contributed by atoms with van der Waals surface area (Å²) < 4.78 is 0. The molecule has 6 heteroatoms. The molecule has 6 nitrogen and oxygen atoms in total. The molecule has 0 aliphatic carbocycles. The van der Waals surface area contributed by atoms with Crippen LogP contribution in [-0.4, -0.2) is 28.3 Å². The van der Waals surface area contributed by atoms with Crippen molar-refractivity contribution in [3.05, 3.63) is 59.7 Å². The molecule has 0 saturated heterocycles. The first-order chi connectivity index (χ1) is 11.7. The van der Waals surface area contributed by atoms with Crippen molar-refractivity contribution >= 4 is 11.8 Å². The summed E-state index contributed by atoms with van der Waals surface area (Å²) in [5.41, 5.74) is 1.43. The molecule has 126 valence electrons. The zero-order valence-electron chi connectivity index (χ0n) is 13.8. The lowest BCUT2D eigenvalue weighted by molar-refractivity contribution is 0.0942. The third kappa shape index (κ3) is 5.46. The molecule has 2 aromatic heterocycles. The fraction of sp³-hybridized carbons (Fsp3) is 0.333. The fourth-order valence-corrected chi connectivity index (χ4v) is 2.13. The van der Waals surface area contributed by atoms with Gasteiger partial charge in [-0.2, -0.15) is 0 Å². The highest BCUT2D eigenvalue weighted by Gasteiger charge is 2.11. The van der Waals surface area contributed by atoms with Crippen molar-refractivity contribution < 1.29 is 9.59 Å². The van der Waals surface area contributed by atoms with Gasteiger partial charge >= 0.3 is 0 Å². The summed E-state index contributed by atoms with van der Waals surface area (Å²) in [6, 6.07) is 8.52. The molecule has 2 N–H and O–H groups in total. The molecule has 0 saturated carbocycles. The number of hydrogen-bond donors (Lipinski definition) is 2. The molecule has 0 spiro atoms. The van der Waals surface area contributed by atoms with Gasteiger partial charge in [0.15, 0.2) is 0 Å². The largest absolute Gasteiger partial charge is 0.351 e. The second kappa shape index (κ2) is 9.39. The molecule has 0 aliphatic rings. The van der Waals surface area contributed by atoms with Crippen LogP contribution < -0.4 is 10.6 Å². The van der Waals surface area contributed by atoms with Gasteiger partial charge in [-0.1, -0.05) is 25.8 Å². The van der Waals surface area contributed by atoms with E-state index >= 15 is 0 Å². The Bertz CT molecular complexity index is 674. The van der Waals surface area contributed by atoms with Crippen LogP contribution in [0.2, 0.25) is 0 Å². The average Bonchev–Trinajstić information content (AvgIpc) is 2.64. The molecule has 0 aliphatic heterocycles. The maximum atomic E-state index is 12.2. The highest BCUT2D eigenvalue weighted by molar-refractivity contribution is 5.96. The molecule has 0 radical (unpaired) electrons. The van der Waals surface area contributed by atoms with Crippen molar-refractivity contribution in [2.45, 2.75) is 32.7 Å². The summed E-state index contributed by atoms with van der Waals surface area (Å²) in [5.74, 6) is -0.567. The Morgan fingerprint density at radius 2 is 1.62 bits per heavy atom. The number of unbranched alkanes of at least 4 members (excludes halogenated alkanes) is 2. The van der Waals surface area contributed by atoms with Crippen molar-refractivity contribution in [1.82, 2.24) is 20.6 Å². The number of rotatable bonds is 8. The van der Waals surface area contributed by atoms with E-state index < -0.39 is 0 Å². The number of nitrogens with zero attached hydrogens (tertiary/aromatic N) is 2. The van der Waals surface area contributed by atoms with Gasteiger partial charge in [-0.3, -0.25) is 14.6 Å². The van der Waals surface area contributed by atoms with E-state index in [0.29, 0.717) is 13.1 Å². The smallest absolute Gasteiger partial charge is 0.270 e. The predicted octanol–water partition coefficient (Wildman–Crippen LogP) is 2.33. The van der Waals surface area contributed by atoms with Crippen LogP contribution in [0.15, 0.2) is 42.7 Å².